The average Bonchev–Trinajstić information content (AvgIpc) is 3.46. The minimum atomic E-state index is -0.450. The molecule has 11 heteroatoms. The van der Waals surface area contributed by atoms with Crippen molar-refractivity contribution >= 4 is 51.7 Å². The molecule has 0 saturated carbocycles. The van der Waals surface area contributed by atoms with Crippen LogP contribution in [0.25, 0.3) is 6.08 Å². The van der Waals surface area contributed by atoms with Crippen LogP contribution in [0.3, 0.4) is 0 Å². The van der Waals surface area contributed by atoms with Crippen molar-refractivity contribution in [1.82, 2.24) is 0 Å². The van der Waals surface area contributed by atoms with Gasteiger partial charge in [-0.25, -0.2) is 0 Å². The maximum Gasteiger partial charge on any atom is 0.270 e. The maximum absolute atomic E-state index is 13.2. The molecule has 1 amide bonds. The van der Waals surface area contributed by atoms with Gasteiger partial charge < -0.3 is 18.9 Å². The Hall–Kier alpha value is -4.09. The van der Waals surface area contributed by atoms with Crippen molar-refractivity contribution < 1.29 is 28.7 Å². The van der Waals surface area contributed by atoms with E-state index in [1.165, 1.54) is 35.9 Å². The summed E-state index contributed by atoms with van der Waals surface area (Å²) in [6.07, 6.45) is 1.74. The largest absolute Gasteiger partial charge is 0.493 e. The molecular formula is C25H18N2O7S2. The number of hydrogen-bond donors (Lipinski definition) is 0. The van der Waals surface area contributed by atoms with E-state index in [4.69, 9.17) is 31.2 Å². The van der Waals surface area contributed by atoms with Gasteiger partial charge in [-0.05, 0) is 41.5 Å². The van der Waals surface area contributed by atoms with Crippen molar-refractivity contribution in [3.63, 3.8) is 0 Å². The van der Waals surface area contributed by atoms with Crippen LogP contribution < -0.4 is 23.8 Å². The molecule has 0 atom stereocenters. The van der Waals surface area contributed by atoms with Gasteiger partial charge in [-0.1, -0.05) is 42.2 Å². The summed E-state index contributed by atoms with van der Waals surface area (Å²) in [6.45, 7) is 0.273. The molecule has 0 bridgehead atoms. The third-order valence-electron chi connectivity index (χ3n) is 5.41. The SMILES string of the molecule is COc1cc(/C=C2/SC(=S)N(c3ccc4c(c3)OCO4)C2=O)ccc1OCc1cccc([N+](=O)[O-])c1. The minimum Gasteiger partial charge on any atom is -0.493 e. The van der Waals surface area contributed by atoms with E-state index < -0.39 is 4.92 Å². The van der Waals surface area contributed by atoms with Gasteiger partial charge in [0, 0.05) is 18.2 Å². The standard InChI is InChI=1S/C25H18N2O7S2/c1-31-21-10-15(5-7-19(21)32-13-16-3-2-4-18(9-16)27(29)30)11-23-24(28)26(25(35)36-23)17-6-8-20-22(12-17)34-14-33-20/h2-12H,13-14H2,1H3/b23-11+. The maximum atomic E-state index is 13.2. The van der Waals surface area contributed by atoms with Crippen LogP contribution in [0.15, 0.2) is 65.6 Å². The van der Waals surface area contributed by atoms with Crippen LogP contribution in [0.1, 0.15) is 11.1 Å². The number of nitro groups is 1. The van der Waals surface area contributed by atoms with Crippen LogP contribution in [-0.2, 0) is 11.4 Å². The van der Waals surface area contributed by atoms with Crippen molar-refractivity contribution in [3.8, 4) is 23.0 Å². The Balaban J connectivity index is 1.33. The van der Waals surface area contributed by atoms with Crippen LogP contribution in [-0.4, -0.2) is 29.1 Å². The summed E-state index contributed by atoms with van der Waals surface area (Å²) in [5, 5.41) is 11.0. The molecule has 0 unspecified atom stereocenters. The molecule has 3 aromatic rings. The Morgan fingerprint density at radius 1 is 1.11 bits per heavy atom. The van der Waals surface area contributed by atoms with E-state index in [0.717, 1.165) is 5.56 Å². The molecule has 3 aromatic carbocycles. The molecule has 182 valence electrons. The van der Waals surface area contributed by atoms with Gasteiger partial charge in [0.2, 0.25) is 6.79 Å². The molecule has 1 saturated heterocycles. The van der Waals surface area contributed by atoms with Crippen molar-refractivity contribution in [2.45, 2.75) is 6.61 Å². The van der Waals surface area contributed by atoms with Crippen molar-refractivity contribution in [1.29, 1.82) is 0 Å². The van der Waals surface area contributed by atoms with Crippen molar-refractivity contribution in [2.75, 3.05) is 18.8 Å². The van der Waals surface area contributed by atoms with Crippen molar-refractivity contribution in [3.05, 3.63) is 86.8 Å². The summed E-state index contributed by atoms with van der Waals surface area (Å²) in [5.41, 5.74) is 1.98. The van der Waals surface area contributed by atoms with E-state index in [1.807, 2.05) is 0 Å². The Morgan fingerprint density at radius 2 is 1.94 bits per heavy atom. The summed E-state index contributed by atoms with van der Waals surface area (Å²) in [6, 6.07) is 16.7. The highest BCUT2D eigenvalue weighted by atomic mass is 32.2. The fraction of sp³-hybridized carbons (Fsp3) is 0.120. The van der Waals surface area contributed by atoms with E-state index in [0.29, 0.717) is 43.5 Å². The zero-order valence-corrected chi connectivity index (χ0v) is 20.5. The lowest BCUT2D eigenvalue weighted by molar-refractivity contribution is -0.384. The highest BCUT2D eigenvalue weighted by molar-refractivity contribution is 8.27. The number of carbonyl (C=O) groups excluding carboxylic acids is 1. The monoisotopic (exact) mass is 522 g/mol. The number of thiocarbonyl (C=S) groups is 1. The second-order valence-electron chi connectivity index (χ2n) is 7.68. The second kappa shape index (κ2) is 9.88. The van der Waals surface area contributed by atoms with Gasteiger partial charge in [-0.15, -0.1) is 0 Å². The Morgan fingerprint density at radius 3 is 2.75 bits per heavy atom. The number of ether oxygens (including phenoxy) is 4. The molecule has 2 aliphatic rings. The smallest absolute Gasteiger partial charge is 0.270 e. The second-order valence-corrected chi connectivity index (χ2v) is 9.36. The predicted octanol–water partition coefficient (Wildman–Crippen LogP) is 5.32. The Labute approximate surface area is 215 Å². The van der Waals surface area contributed by atoms with E-state index >= 15 is 0 Å². The minimum absolute atomic E-state index is 0.00326. The lowest BCUT2D eigenvalue weighted by Gasteiger charge is -2.14. The number of thioether (sulfide) groups is 1. The molecule has 0 aliphatic carbocycles. The number of methoxy groups -OCH3 is 1. The van der Waals surface area contributed by atoms with E-state index in [-0.39, 0.29) is 25.0 Å². The molecule has 0 radical (unpaired) electrons. The highest BCUT2D eigenvalue weighted by Gasteiger charge is 2.34. The van der Waals surface area contributed by atoms with Gasteiger partial charge >= 0.3 is 0 Å². The highest BCUT2D eigenvalue weighted by Crippen LogP contribution is 2.41. The van der Waals surface area contributed by atoms with Crippen LogP contribution in [0.4, 0.5) is 11.4 Å². The van der Waals surface area contributed by atoms with Crippen LogP contribution in [0, 0.1) is 10.1 Å². The van der Waals surface area contributed by atoms with Gasteiger partial charge in [0.05, 0.1) is 22.6 Å². The quantitative estimate of drug-likeness (QED) is 0.177. The first kappa shape index (κ1) is 23.6. The van der Waals surface area contributed by atoms with E-state index in [1.54, 1.807) is 54.6 Å². The number of fused-ring (bicyclic) bond motifs is 1. The molecule has 2 heterocycles. The van der Waals surface area contributed by atoms with Crippen LogP contribution in [0.5, 0.6) is 23.0 Å². The third-order valence-corrected chi connectivity index (χ3v) is 6.71. The lowest BCUT2D eigenvalue weighted by atomic mass is 10.1. The average molecular weight is 523 g/mol. The van der Waals surface area contributed by atoms with Gasteiger partial charge in [0.25, 0.3) is 11.6 Å². The molecule has 2 aliphatic heterocycles. The van der Waals surface area contributed by atoms with Gasteiger partial charge in [0.15, 0.2) is 27.3 Å². The number of carbonyl (C=O) groups is 1. The number of nitrogens with zero attached hydrogens (tertiary/aromatic N) is 2. The molecule has 36 heavy (non-hydrogen) atoms. The predicted molar refractivity (Wildman–Crippen MR) is 139 cm³/mol. The summed E-state index contributed by atoms with van der Waals surface area (Å²) in [7, 11) is 1.51. The first-order valence-corrected chi connectivity index (χ1v) is 11.9. The molecule has 5 rings (SSSR count). The van der Waals surface area contributed by atoms with Crippen LogP contribution >= 0.6 is 24.0 Å². The molecular weight excluding hydrogens is 504 g/mol. The molecule has 1 fully saturated rings. The number of nitro benzene ring substituents is 1. The summed E-state index contributed by atoms with van der Waals surface area (Å²) >= 11 is 6.67. The number of rotatable bonds is 7. The zero-order chi connectivity index (χ0) is 25.2. The molecule has 0 N–H and O–H groups in total. The number of benzene rings is 3. The van der Waals surface area contributed by atoms with E-state index in [9.17, 15) is 14.9 Å². The molecule has 0 aromatic heterocycles. The number of amides is 1. The lowest BCUT2D eigenvalue weighted by Crippen LogP contribution is -2.27. The molecule has 9 nitrogen and oxygen atoms in total. The zero-order valence-electron chi connectivity index (χ0n) is 18.8. The van der Waals surface area contributed by atoms with Gasteiger partial charge in [-0.2, -0.15) is 0 Å². The number of hydrogen-bond acceptors (Lipinski definition) is 9. The summed E-state index contributed by atoms with van der Waals surface area (Å²) in [5.74, 6) is 1.87. The van der Waals surface area contributed by atoms with E-state index in [2.05, 4.69) is 0 Å². The Kier molecular flexibility index (Phi) is 6.49. The first-order chi connectivity index (χ1) is 17.4. The fourth-order valence-electron chi connectivity index (χ4n) is 3.68. The summed E-state index contributed by atoms with van der Waals surface area (Å²) in [4.78, 5) is 25.6. The van der Waals surface area contributed by atoms with Crippen molar-refractivity contribution in [2.24, 2.45) is 0 Å². The van der Waals surface area contributed by atoms with Crippen LogP contribution in [0.2, 0.25) is 0 Å². The van der Waals surface area contributed by atoms with Gasteiger partial charge in [-0.3, -0.25) is 19.8 Å². The normalized spacial score (nSPS) is 15.5. The third kappa shape index (κ3) is 4.70. The fourth-order valence-corrected chi connectivity index (χ4v) is 4.98. The topological polar surface area (TPSA) is 100 Å². The molecule has 0 spiro atoms. The number of non-ortho nitro benzene ring substituents is 1. The Bertz CT molecular complexity index is 1420. The number of anilines is 1. The summed E-state index contributed by atoms with van der Waals surface area (Å²) < 4.78 is 22.5. The first-order valence-electron chi connectivity index (χ1n) is 10.6. The van der Waals surface area contributed by atoms with Gasteiger partial charge in [0.1, 0.15) is 6.61 Å².